The molecule has 0 aromatic heterocycles. The van der Waals surface area contributed by atoms with Gasteiger partial charge in [0.25, 0.3) is 0 Å². The molecule has 2 amide bonds. The molecule has 0 spiro atoms. The van der Waals surface area contributed by atoms with Gasteiger partial charge in [-0.3, -0.25) is 9.69 Å². The number of carbonyl (C=O) groups is 2. The van der Waals surface area contributed by atoms with Gasteiger partial charge >= 0.3 is 6.09 Å². The van der Waals surface area contributed by atoms with E-state index in [1.165, 1.54) is 9.80 Å². The van der Waals surface area contributed by atoms with Crippen molar-refractivity contribution in [3.63, 3.8) is 0 Å². The minimum Gasteiger partial charge on any atom is -0.492 e. The van der Waals surface area contributed by atoms with Crippen LogP contribution in [0.25, 0.3) is 0 Å². The lowest BCUT2D eigenvalue weighted by Crippen LogP contribution is -2.48. The Hall–Kier alpha value is -2.28. The van der Waals surface area contributed by atoms with Gasteiger partial charge in [0.2, 0.25) is 5.91 Å². The van der Waals surface area contributed by atoms with Crippen molar-refractivity contribution in [1.29, 1.82) is 0 Å². The molecule has 144 valence electrons. The van der Waals surface area contributed by atoms with E-state index in [0.29, 0.717) is 13.2 Å². The van der Waals surface area contributed by atoms with Crippen molar-refractivity contribution < 1.29 is 24.2 Å². The van der Waals surface area contributed by atoms with E-state index < -0.39 is 23.8 Å². The molecule has 26 heavy (non-hydrogen) atoms. The molecule has 0 unspecified atom stereocenters. The van der Waals surface area contributed by atoms with Crippen LogP contribution in [-0.2, 0) is 9.53 Å². The third-order valence-corrected chi connectivity index (χ3v) is 4.01. The molecule has 7 heteroatoms. The summed E-state index contributed by atoms with van der Waals surface area (Å²) < 4.78 is 11.0. The maximum Gasteiger partial charge on any atom is 0.411 e. The van der Waals surface area contributed by atoms with Crippen LogP contribution in [0, 0.1) is 0 Å². The summed E-state index contributed by atoms with van der Waals surface area (Å²) in [6.07, 6.45) is -1.10. The summed E-state index contributed by atoms with van der Waals surface area (Å²) in [7, 11) is 1.66. The Balaban J connectivity index is 1.91. The average molecular weight is 364 g/mol. The van der Waals surface area contributed by atoms with E-state index in [1.807, 2.05) is 30.3 Å². The van der Waals surface area contributed by atoms with Crippen molar-refractivity contribution in [3.05, 3.63) is 30.3 Å². The van der Waals surface area contributed by atoms with E-state index in [-0.39, 0.29) is 18.9 Å². The second kappa shape index (κ2) is 8.40. The third-order valence-electron chi connectivity index (χ3n) is 4.01. The van der Waals surface area contributed by atoms with Gasteiger partial charge in [0.05, 0.1) is 19.2 Å². The predicted octanol–water partition coefficient (Wildman–Crippen LogP) is 1.89. The molecule has 1 aliphatic heterocycles. The van der Waals surface area contributed by atoms with E-state index in [1.54, 1.807) is 27.8 Å². The maximum atomic E-state index is 12.7. The molecule has 2 rings (SSSR count). The number of β-amino-alcohol motifs (C(OH)–C–C–N with tert-alkyl or cyclic N) is 1. The van der Waals surface area contributed by atoms with E-state index >= 15 is 0 Å². The zero-order valence-electron chi connectivity index (χ0n) is 15.8. The zero-order valence-corrected chi connectivity index (χ0v) is 15.8. The van der Waals surface area contributed by atoms with Crippen LogP contribution in [0.4, 0.5) is 4.79 Å². The fraction of sp³-hybridized carbons (Fsp3) is 0.579. The molecule has 2 atom stereocenters. The number of para-hydroxylation sites is 1. The highest BCUT2D eigenvalue weighted by Gasteiger charge is 2.41. The molecule has 1 aromatic rings. The summed E-state index contributed by atoms with van der Waals surface area (Å²) in [6, 6.07) is 8.63. The lowest BCUT2D eigenvalue weighted by atomic mass is 10.1. The highest BCUT2D eigenvalue weighted by Crippen LogP contribution is 2.22. The molecule has 1 aromatic carbocycles. The highest BCUT2D eigenvalue weighted by molar-refractivity contribution is 5.86. The van der Waals surface area contributed by atoms with Crippen LogP contribution in [0.1, 0.15) is 27.2 Å². The number of aliphatic hydroxyl groups is 1. The van der Waals surface area contributed by atoms with Gasteiger partial charge in [0.15, 0.2) is 0 Å². The second-order valence-corrected chi connectivity index (χ2v) is 7.46. The first-order chi connectivity index (χ1) is 12.2. The van der Waals surface area contributed by atoms with Gasteiger partial charge in [0, 0.05) is 13.5 Å². The van der Waals surface area contributed by atoms with Crippen molar-refractivity contribution in [1.82, 2.24) is 9.80 Å². The maximum absolute atomic E-state index is 12.7. The standard InChI is InChI=1S/C19H28N2O5/c1-19(2,3)26-18(24)21-13-14(22)12-16(21)17(23)20(4)10-11-25-15-8-6-5-7-9-15/h5-9,14,16,22H,10-13H2,1-4H3/t14-,16-/m0/s1. The Kier molecular flexibility index (Phi) is 6.47. The first kappa shape index (κ1) is 20.0. The van der Waals surface area contributed by atoms with Crippen molar-refractivity contribution in [2.75, 3.05) is 26.7 Å². The number of hydrogen-bond acceptors (Lipinski definition) is 5. The van der Waals surface area contributed by atoms with Crippen LogP contribution in [-0.4, -0.2) is 71.4 Å². The summed E-state index contributed by atoms with van der Waals surface area (Å²) in [6.45, 7) is 6.11. The van der Waals surface area contributed by atoms with Gasteiger partial charge in [-0.05, 0) is 32.9 Å². The molecule has 1 aliphatic rings. The molecular weight excluding hydrogens is 336 g/mol. The topological polar surface area (TPSA) is 79.3 Å². The minimum absolute atomic E-state index is 0.0969. The average Bonchev–Trinajstić information content (AvgIpc) is 2.95. The SMILES string of the molecule is CN(CCOc1ccccc1)C(=O)[C@@H]1C[C@H](O)CN1C(=O)OC(C)(C)C. The Morgan fingerprint density at radius 3 is 2.54 bits per heavy atom. The van der Waals surface area contributed by atoms with Crippen LogP contribution in [0.2, 0.25) is 0 Å². The van der Waals surface area contributed by atoms with E-state index in [9.17, 15) is 14.7 Å². The molecular formula is C19H28N2O5. The second-order valence-electron chi connectivity index (χ2n) is 7.46. The van der Waals surface area contributed by atoms with Gasteiger partial charge in [0.1, 0.15) is 24.0 Å². The number of carbonyl (C=O) groups excluding carboxylic acids is 2. The summed E-state index contributed by atoms with van der Waals surface area (Å²) >= 11 is 0. The van der Waals surface area contributed by atoms with Gasteiger partial charge < -0.3 is 19.5 Å². The Labute approximate surface area is 154 Å². The van der Waals surface area contributed by atoms with E-state index in [2.05, 4.69) is 0 Å². The molecule has 0 saturated carbocycles. The Bertz CT molecular complexity index is 614. The number of likely N-dealkylation sites (N-methyl/N-ethyl adjacent to an activating group) is 1. The van der Waals surface area contributed by atoms with Crippen LogP contribution in [0.3, 0.4) is 0 Å². The van der Waals surface area contributed by atoms with Gasteiger partial charge in [-0.15, -0.1) is 0 Å². The molecule has 0 aliphatic carbocycles. The monoisotopic (exact) mass is 364 g/mol. The molecule has 1 fully saturated rings. The number of amides is 2. The first-order valence-corrected chi connectivity index (χ1v) is 8.78. The largest absolute Gasteiger partial charge is 0.492 e. The fourth-order valence-electron chi connectivity index (χ4n) is 2.75. The number of nitrogens with zero attached hydrogens (tertiary/aromatic N) is 2. The van der Waals surface area contributed by atoms with E-state index in [4.69, 9.17) is 9.47 Å². The lowest BCUT2D eigenvalue weighted by molar-refractivity contribution is -0.135. The van der Waals surface area contributed by atoms with Crippen molar-refractivity contribution in [2.45, 2.75) is 44.9 Å². The zero-order chi connectivity index (χ0) is 19.3. The van der Waals surface area contributed by atoms with Gasteiger partial charge in [-0.2, -0.15) is 0 Å². The summed E-state index contributed by atoms with van der Waals surface area (Å²) in [5, 5.41) is 9.93. The Morgan fingerprint density at radius 1 is 1.27 bits per heavy atom. The molecule has 0 radical (unpaired) electrons. The van der Waals surface area contributed by atoms with Crippen LogP contribution >= 0.6 is 0 Å². The van der Waals surface area contributed by atoms with Crippen LogP contribution in [0.15, 0.2) is 30.3 Å². The van der Waals surface area contributed by atoms with Crippen molar-refractivity contribution >= 4 is 12.0 Å². The highest BCUT2D eigenvalue weighted by atomic mass is 16.6. The number of hydrogen-bond donors (Lipinski definition) is 1. The normalized spacial score (nSPS) is 20.0. The fourth-order valence-corrected chi connectivity index (χ4v) is 2.75. The third kappa shape index (κ3) is 5.62. The predicted molar refractivity (Wildman–Crippen MR) is 96.9 cm³/mol. The number of benzene rings is 1. The molecule has 1 heterocycles. The smallest absolute Gasteiger partial charge is 0.411 e. The molecule has 1 saturated heterocycles. The summed E-state index contributed by atoms with van der Waals surface area (Å²) in [5.41, 5.74) is -0.659. The molecule has 0 bridgehead atoms. The quantitative estimate of drug-likeness (QED) is 0.863. The first-order valence-electron chi connectivity index (χ1n) is 8.78. The number of ether oxygens (including phenoxy) is 2. The van der Waals surface area contributed by atoms with Crippen LogP contribution in [0.5, 0.6) is 5.75 Å². The summed E-state index contributed by atoms with van der Waals surface area (Å²) in [5.74, 6) is 0.504. The number of likely N-dealkylation sites (tertiary alicyclic amines) is 1. The van der Waals surface area contributed by atoms with Gasteiger partial charge in [-0.1, -0.05) is 18.2 Å². The minimum atomic E-state index is -0.731. The van der Waals surface area contributed by atoms with Crippen LogP contribution < -0.4 is 4.74 Å². The lowest BCUT2D eigenvalue weighted by Gasteiger charge is -2.30. The molecule has 1 N–H and O–H groups in total. The van der Waals surface area contributed by atoms with Gasteiger partial charge in [-0.25, -0.2) is 4.79 Å². The van der Waals surface area contributed by atoms with Crippen molar-refractivity contribution in [2.24, 2.45) is 0 Å². The summed E-state index contributed by atoms with van der Waals surface area (Å²) in [4.78, 5) is 27.9. The van der Waals surface area contributed by atoms with E-state index in [0.717, 1.165) is 5.75 Å². The molecule has 7 nitrogen and oxygen atoms in total. The number of rotatable bonds is 5. The van der Waals surface area contributed by atoms with Crippen molar-refractivity contribution in [3.8, 4) is 5.75 Å². The Morgan fingerprint density at radius 2 is 1.92 bits per heavy atom. The number of aliphatic hydroxyl groups excluding tert-OH is 1.